The van der Waals surface area contributed by atoms with E-state index in [-0.39, 0.29) is 0 Å². The second-order valence-electron chi connectivity index (χ2n) is 5.59. The number of nitrogens with zero attached hydrogens (tertiary/aromatic N) is 1. The van der Waals surface area contributed by atoms with E-state index >= 15 is 0 Å². The van der Waals surface area contributed by atoms with E-state index in [0.717, 1.165) is 45.4 Å². The molecule has 2 aromatic rings. The molecule has 1 aliphatic rings. The number of carbonyl (C=O) groups excluding carboxylic acids is 1. The lowest BCUT2D eigenvalue weighted by Crippen LogP contribution is -2.34. The number of rotatable bonds is 4. The molecular formula is C17H22N2OS. The van der Waals surface area contributed by atoms with E-state index in [1.807, 2.05) is 4.90 Å². The Balaban J connectivity index is 1.52. The zero-order valence-corrected chi connectivity index (χ0v) is 13.1. The van der Waals surface area contributed by atoms with Gasteiger partial charge in [0.25, 0.3) is 0 Å². The van der Waals surface area contributed by atoms with E-state index in [1.54, 1.807) is 11.3 Å². The molecule has 112 valence electrons. The van der Waals surface area contributed by atoms with Crippen molar-refractivity contribution in [2.24, 2.45) is 0 Å². The van der Waals surface area contributed by atoms with Crippen LogP contribution in [0.1, 0.15) is 24.8 Å². The Morgan fingerprint density at radius 2 is 2.14 bits per heavy atom. The van der Waals surface area contributed by atoms with Crippen molar-refractivity contribution in [3.8, 4) is 0 Å². The highest BCUT2D eigenvalue weighted by atomic mass is 32.1. The molecule has 1 saturated heterocycles. The van der Waals surface area contributed by atoms with Crippen LogP contribution in [0.15, 0.2) is 29.6 Å². The summed E-state index contributed by atoms with van der Waals surface area (Å²) in [6.07, 6.45) is 3.69. The van der Waals surface area contributed by atoms with Crippen LogP contribution in [-0.4, -0.2) is 37.0 Å². The van der Waals surface area contributed by atoms with Crippen LogP contribution < -0.4 is 5.32 Å². The minimum atomic E-state index is 0.318. The molecule has 1 amide bonds. The maximum absolute atomic E-state index is 12.2. The number of fused-ring (bicyclic) bond motifs is 1. The summed E-state index contributed by atoms with van der Waals surface area (Å²) in [4.78, 5) is 14.3. The van der Waals surface area contributed by atoms with Crippen LogP contribution in [0.2, 0.25) is 0 Å². The van der Waals surface area contributed by atoms with Crippen molar-refractivity contribution in [3.63, 3.8) is 0 Å². The van der Waals surface area contributed by atoms with Gasteiger partial charge in [-0.1, -0.05) is 18.2 Å². The van der Waals surface area contributed by atoms with Crippen LogP contribution in [0.3, 0.4) is 0 Å². The first-order chi connectivity index (χ1) is 10.3. The van der Waals surface area contributed by atoms with E-state index < -0.39 is 0 Å². The molecular weight excluding hydrogens is 280 g/mol. The van der Waals surface area contributed by atoms with Gasteiger partial charge >= 0.3 is 0 Å². The van der Waals surface area contributed by atoms with Gasteiger partial charge in [0.05, 0.1) is 0 Å². The van der Waals surface area contributed by atoms with Crippen molar-refractivity contribution >= 4 is 27.3 Å². The molecule has 0 spiro atoms. The molecule has 1 aliphatic heterocycles. The Morgan fingerprint density at radius 3 is 3.10 bits per heavy atom. The first-order valence-electron chi connectivity index (χ1n) is 7.78. The molecule has 1 aromatic heterocycles. The fourth-order valence-corrected chi connectivity index (χ4v) is 3.91. The monoisotopic (exact) mass is 302 g/mol. The SMILES string of the molecule is O=C(CCCc1csc2ccccc12)N1CCCNCC1. The summed E-state index contributed by atoms with van der Waals surface area (Å²) in [7, 11) is 0. The smallest absolute Gasteiger partial charge is 0.222 e. The third-order valence-electron chi connectivity index (χ3n) is 4.09. The van der Waals surface area contributed by atoms with Crippen LogP contribution in [0, 0.1) is 0 Å². The maximum atomic E-state index is 12.2. The number of amides is 1. The molecule has 0 unspecified atom stereocenters. The number of benzene rings is 1. The van der Waals surface area contributed by atoms with Crippen LogP contribution in [0.25, 0.3) is 10.1 Å². The third-order valence-corrected chi connectivity index (χ3v) is 5.10. The molecule has 0 aliphatic carbocycles. The summed E-state index contributed by atoms with van der Waals surface area (Å²) in [5.41, 5.74) is 1.39. The van der Waals surface area contributed by atoms with Crippen molar-refractivity contribution in [1.82, 2.24) is 10.2 Å². The number of thiophene rings is 1. The molecule has 0 bridgehead atoms. The summed E-state index contributed by atoms with van der Waals surface area (Å²) in [5, 5.41) is 6.93. The van der Waals surface area contributed by atoms with Gasteiger partial charge < -0.3 is 10.2 Å². The number of nitrogens with one attached hydrogen (secondary N) is 1. The van der Waals surface area contributed by atoms with Gasteiger partial charge in [-0.15, -0.1) is 11.3 Å². The van der Waals surface area contributed by atoms with Crippen molar-refractivity contribution in [1.29, 1.82) is 0 Å². The summed E-state index contributed by atoms with van der Waals surface area (Å²) < 4.78 is 1.34. The molecule has 4 heteroatoms. The number of hydrogen-bond donors (Lipinski definition) is 1. The second-order valence-corrected chi connectivity index (χ2v) is 6.51. The Kier molecular flexibility index (Phi) is 4.88. The summed E-state index contributed by atoms with van der Waals surface area (Å²) >= 11 is 1.80. The highest BCUT2D eigenvalue weighted by Crippen LogP contribution is 2.26. The van der Waals surface area contributed by atoms with Gasteiger partial charge in [-0.2, -0.15) is 0 Å². The normalized spacial score (nSPS) is 16.1. The van der Waals surface area contributed by atoms with Gasteiger partial charge in [0.2, 0.25) is 5.91 Å². The van der Waals surface area contributed by atoms with E-state index in [4.69, 9.17) is 0 Å². The van der Waals surface area contributed by atoms with Gasteiger partial charge in [0, 0.05) is 30.8 Å². The molecule has 2 heterocycles. The van der Waals surface area contributed by atoms with Crippen LogP contribution in [-0.2, 0) is 11.2 Å². The fraction of sp³-hybridized carbons (Fsp3) is 0.471. The lowest BCUT2D eigenvalue weighted by Gasteiger charge is -2.19. The second kappa shape index (κ2) is 7.05. The zero-order chi connectivity index (χ0) is 14.5. The van der Waals surface area contributed by atoms with Crippen molar-refractivity contribution in [3.05, 3.63) is 35.2 Å². The van der Waals surface area contributed by atoms with Gasteiger partial charge in [-0.3, -0.25) is 4.79 Å². The summed E-state index contributed by atoms with van der Waals surface area (Å²) in [5.74, 6) is 0.318. The third kappa shape index (κ3) is 3.63. The lowest BCUT2D eigenvalue weighted by molar-refractivity contribution is -0.131. The highest BCUT2D eigenvalue weighted by molar-refractivity contribution is 7.17. The molecule has 0 radical (unpaired) electrons. The average Bonchev–Trinajstić information content (AvgIpc) is 2.74. The number of hydrogen-bond acceptors (Lipinski definition) is 3. The predicted octanol–water partition coefficient (Wildman–Crippen LogP) is 3.05. The molecule has 1 N–H and O–H groups in total. The molecule has 3 nitrogen and oxygen atoms in total. The molecule has 1 fully saturated rings. The first-order valence-corrected chi connectivity index (χ1v) is 8.66. The number of carbonyl (C=O) groups is 1. The van der Waals surface area contributed by atoms with Crippen molar-refractivity contribution in [2.75, 3.05) is 26.2 Å². The Hall–Kier alpha value is -1.39. The summed E-state index contributed by atoms with van der Waals surface area (Å²) in [6.45, 7) is 3.74. The highest BCUT2D eigenvalue weighted by Gasteiger charge is 2.14. The maximum Gasteiger partial charge on any atom is 0.222 e. The van der Waals surface area contributed by atoms with Gasteiger partial charge in [0.15, 0.2) is 0 Å². The van der Waals surface area contributed by atoms with E-state index in [2.05, 4.69) is 35.0 Å². The minimum Gasteiger partial charge on any atom is -0.341 e. The standard InChI is InChI=1S/C17H22N2OS/c20-17(19-11-4-9-18-10-12-19)8-3-5-14-13-21-16-7-2-1-6-15(14)16/h1-2,6-7,13,18H,3-5,8-12H2. The van der Waals surface area contributed by atoms with Gasteiger partial charge in [-0.05, 0) is 48.2 Å². The largest absolute Gasteiger partial charge is 0.341 e. The predicted molar refractivity (Wildman–Crippen MR) is 88.8 cm³/mol. The van der Waals surface area contributed by atoms with Gasteiger partial charge in [-0.25, -0.2) is 0 Å². The fourth-order valence-electron chi connectivity index (χ4n) is 2.91. The van der Waals surface area contributed by atoms with Crippen molar-refractivity contribution < 1.29 is 4.79 Å². The Labute approximate surface area is 130 Å². The number of aryl methyl sites for hydroxylation is 1. The van der Waals surface area contributed by atoms with E-state index in [1.165, 1.54) is 15.6 Å². The average molecular weight is 302 g/mol. The Bertz CT molecular complexity index is 600. The van der Waals surface area contributed by atoms with Gasteiger partial charge in [0.1, 0.15) is 0 Å². The molecule has 3 rings (SSSR count). The van der Waals surface area contributed by atoms with Crippen LogP contribution in [0.5, 0.6) is 0 Å². The van der Waals surface area contributed by atoms with E-state index in [0.29, 0.717) is 12.3 Å². The summed E-state index contributed by atoms with van der Waals surface area (Å²) in [6, 6.07) is 8.52. The van der Waals surface area contributed by atoms with Crippen LogP contribution >= 0.6 is 11.3 Å². The molecule has 0 atom stereocenters. The zero-order valence-electron chi connectivity index (χ0n) is 12.3. The lowest BCUT2D eigenvalue weighted by atomic mass is 10.1. The van der Waals surface area contributed by atoms with E-state index in [9.17, 15) is 4.79 Å². The minimum absolute atomic E-state index is 0.318. The molecule has 1 aromatic carbocycles. The van der Waals surface area contributed by atoms with Crippen LogP contribution in [0.4, 0.5) is 0 Å². The first kappa shape index (κ1) is 14.5. The van der Waals surface area contributed by atoms with Crippen molar-refractivity contribution in [2.45, 2.75) is 25.7 Å². The topological polar surface area (TPSA) is 32.3 Å². The molecule has 0 saturated carbocycles. The molecule has 21 heavy (non-hydrogen) atoms. The Morgan fingerprint density at radius 1 is 1.24 bits per heavy atom. The quantitative estimate of drug-likeness (QED) is 0.941.